The van der Waals surface area contributed by atoms with Crippen LogP contribution >= 0.6 is 0 Å². The van der Waals surface area contributed by atoms with Crippen LogP contribution in [0.25, 0.3) is 11.1 Å². The fraction of sp³-hybridized carbons (Fsp3) is 0.269. The lowest BCUT2D eigenvalue weighted by molar-refractivity contribution is -0.122. The zero-order chi connectivity index (χ0) is 24.3. The zero-order valence-corrected chi connectivity index (χ0v) is 19.8. The lowest BCUT2D eigenvalue weighted by Crippen LogP contribution is -2.32. The van der Waals surface area contributed by atoms with Crippen molar-refractivity contribution in [1.29, 1.82) is 0 Å². The van der Waals surface area contributed by atoms with Crippen molar-refractivity contribution in [2.45, 2.75) is 19.4 Å². The van der Waals surface area contributed by atoms with Crippen LogP contribution < -0.4 is 14.4 Å². The predicted molar refractivity (Wildman–Crippen MR) is 130 cm³/mol. The Labute approximate surface area is 198 Å². The first kappa shape index (κ1) is 23.8. The maximum Gasteiger partial charge on any atom is 0.268 e. The average Bonchev–Trinajstić information content (AvgIpc) is 3.15. The third kappa shape index (κ3) is 5.75. The van der Waals surface area contributed by atoms with E-state index in [0.29, 0.717) is 24.5 Å². The first-order chi connectivity index (χ1) is 16.2. The highest BCUT2D eigenvalue weighted by molar-refractivity contribution is 7.90. The molecule has 1 aliphatic rings. The number of nitrogens with zero attached hydrogens (tertiary/aromatic N) is 1. The summed E-state index contributed by atoms with van der Waals surface area (Å²) < 4.78 is 47.2. The lowest BCUT2D eigenvalue weighted by Gasteiger charge is -2.19. The number of sulfone groups is 1. The first-order valence-electron chi connectivity index (χ1n) is 10.9. The van der Waals surface area contributed by atoms with Gasteiger partial charge in [0.15, 0.2) is 15.9 Å². The number of anilines is 1. The molecule has 0 bridgehead atoms. The Balaban J connectivity index is 1.38. The van der Waals surface area contributed by atoms with Crippen molar-refractivity contribution in [3.05, 3.63) is 78.1 Å². The van der Waals surface area contributed by atoms with Gasteiger partial charge in [-0.1, -0.05) is 24.3 Å². The number of carbonyl (C=O) groups is 1. The summed E-state index contributed by atoms with van der Waals surface area (Å²) in [4.78, 5) is 14.7. The fourth-order valence-electron chi connectivity index (χ4n) is 3.82. The molecule has 0 aliphatic carbocycles. The van der Waals surface area contributed by atoms with Gasteiger partial charge >= 0.3 is 0 Å². The molecule has 1 amide bonds. The third-order valence-electron chi connectivity index (χ3n) is 5.65. The first-order valence-corrected chi connectivity index (χ1v) is 13.0. The Morgan fingerprint density at radius 1 is 1.00 bits per heavy atom. The number of hydrogen-bond acceptors (Lipinski definition) is 5. The van der Waals surface area contributed by atoms with Gasteiger partial charge in [-0.05, 0) is 66.1 Å². The molecule has 0 aromatic heterocycles. The van der Waals surface area contributed by atoms with Crippen LogP contribution in [0.5, 0.6) is 11.5 Å². The molecule has 0 N–H and O–H groups in total. The summed E-state index contributed by atoms with van der Waals surface area (Å²) in [6.45, 7) is 2.47. The minimum Gasteiger partial charge on any atom is -0.492 e. The van der Waals surface area contributed by atoms with E-state index in [9.17, 15) is 17.6 Å². The second-order valence-electron chi connectivity index (χ2n) is 8.34. The maximum atomic E-state index is 13.1. The van der Waals surface area contributed by atoms with Gasteiger partial charge in [0.25, 0.3) is 5.91 Å². The van der Waals surface area contributed by atoms with E-state index < -0.39 is 15.9 Å². The summed E-state index contributed by atoms with van der Waals surface area (Å²) in [5, 5.41) is 0. The smallest absolute Gasteiger partial charge is 0.268 e. The highest BCUT2D eigenvalue weighted by Crippen LogP contribution is 2.30. The van der Waals surface area contributed by atoms with Crippen LogP contribution in [0.4, 0.5) is 10.1 Å². The second-order valence-corrected chi connectivity index (χ2v) is 10.6. The molecule has 0 unspecified atom stereocenters. The van der Waals surface area contributed by atoms with E-state index in [4.69, 9.17) is 9.47 Å². The molecule has 1 aliphatic heterocycles. The van der Waals surface area contributed by atoms with Crippen LogP contribution in [0, 0.1) is 12.7 Å². The Hall–Kier alpha value is -3.39. The van der Waals surface area contributed by atoms with Gasteiger partial charge in [-0.15, -0.1) is 0 Å². The molecule has 1 saturated heterocycles. The Morgan fingerprint density at radius 3 is 2.26 bits per heavy atom. The van der Waals surface area contributed by atoms with Gasteiger partial charge in [0.05, 0.1) is 5.75 Å². The third-order valence-corrected chi connectivity index (χ3v) is 6.56. The Morgan fingerprint density at radius 2 is 1.65 bits per heavy atom. The van der Waals surface area contributed by atoms with Gasteiger partial charge in [0.1, 0.15) is 23.9 Å². The maximum absolute atomic E-state index is 13.1. The van der Waals surface area contributed by atoms with Gasteiger partial charge < -0.3 is 14.4 Å². The fourth-order valence-corrected chi connectivity index (χ4v) is 4.20. The zero-order valence-electron chi connectivity index (χ0n) is 19.0. The molecule has 3 aromatic carbocycles. The van der Waals surface area contributed by atoms with Crippen LogP contribution in [0.3, 0.4) is 0 Å². The Kier molecular flexibility index (Phi) is 6.88. The second kappa shape index (κ2) is 9.85. The van der Waals surface area contributed by atoms with E-state index in [0.717, 1.165) is 22.4 Å². The summed E-state index contributed by atoms with van der Waals surface area (Å²) in [6.07, 6.45) is 1.15. The molecule has 0 spiro atoms. The monoisotopic (exact) mass is 483 g/mol. The molecular weight excluding hydrogens is 457 g/mol. The number of halogens is 1. The SMILES string of the molecule is Cc1cc(N2CC[C@@H](Oc3ccc(-c4ccc(F)cc4)cc3)C2=O)ccc1OCCS(C)(=O)=O. The number of ether oxygens (including phenoxy) is 2. The van der Waals surface area contributed by atoms with Gasteiger partial charge in [-0.2, -0.15) is 0 Å². The van der Waals surface area contributed by atoms with Crippen molar-refractivity contribution in [1.82, 2.24) is 0 Å². The number of aryl methyl sites for hydroxylation is 1. The minimum absolute atomic E-state index is 0.0529. The number of rotatable bonds is 8. The topological polar surface area (TPSA) is 72.9 Å². The lowest BCUT2D eigenvalue weighted by atomic mass is 10.1. The van der Waals surface area contributed by atoms with Crippen LogP contribution in [0.15, 0.2) is 66.7 Å². The molecular formula is C26H26FNO5S. The van der Waals surface area contributed by atoms with E-state index in [1.165, 1.54) is 18.4 Å². The molecule has 6 nitrogen and oxygen atoms in total. The van der Waals surface area contributed by atoms with Crippen LogP contribution in [0.2, 0.25) is 0 Å². The molecule has 1 atom stereocenters. The highest BCUT2D eigenvalue weighted by atomic mass is 32.2. The Bertz CT molecular complexity index is 1270. The van der Waals surface area contributed by atoms with Crippen molar-refractivity contribution in [2.24, 2.45) is 0 Å². The number of carbonyl (C=O) groups excluding carboxylic acids is 1. The molecule has 34 heavy (non-hydrogen) atoms. The standard InChI is InChI=1S/C26H26FNO5S/c1-18-17-22(9-12-24(18)32-15-16-34(2,30)31)28-14-13-25(26(28)29)33-23-10-5-20(6-11-23)19-3-7-21(27)8-4-19/h3-12,17,25H,13-16H2,1-2H3/t25-/m1/s1. The molecule has 1 heterocycles. The number of amides is 1. The molecule has 8 heteroatoms. The van der Waals surface area contributed by atoms with Crippen molar-refractivity contribution >= 4 is 21.4 Å². The normalized spacial score (nSPS) is 16.0. The molecule has 178 valence electrons. The van der Waals surface area contributed by atoms with Crippen molar-refractivity contribution < 1.29 is 27.1 Å². The number of hydrogen-bond donors (Lipinski definition) is 0. The molecule has 1 fully saturated rings. The summed E-state index contributed by atoms with van der Waals surface area (Å²) in [6, 6.07) is 19.0. The molecule has 3 aromatic rings. The van der Waals surface area contributed by atoms with E-state index in [1.54, 1.807) is 41.3 Å². The summed E-state index contributed by atoms with van der Waals surface area (Å²) in [7, 11) is -3.09. The van der Waals surface area contributed by atoms with E-state index in [1.807, 2.05) is 25.1 Å². The van der Waals surface area contributed by atoms with Crippen molar-refractivity contribution in [3.63, 3.8) is 0 Å². The van der Waals surface area contributed by atoms with Crippen LogP contribution in [-0.4, -0.2) is 45.6 Å². The summed E-state index contributed by atoms with van der Waals surface area (Å²) in [5.74, 6) is 0.734. The van der Waals surface area contributed by atoms with Crippen molar-refractivity contribution in [3.8, 4) is 22.6 Å². The number of benzene rings is 3. The average molecular weight is 484 g/mol. The predicted octanol–water partition coefficient (Wildman–Crippen LogP) is 4.41. The molecule has 4 rings (SSSR count). The molecule has 0 radical (unpaired) electrons. The quantitative estimate of drug-likeness (QED) is 0.475. The van der Waals surface area contributed by atoms with Crippen LogP contribution in [0.1, 0.15) is 12.0 Å². The van der Waals surface area contributed by atoms with Gasteiger partial charge in [-0.25, -0.2) is 12.8 Å². The van der Waals surface area contributed by atoms with Crippen molar-refractivity contribution in [2.75, 3.05) is 30.1 Å². The van der Waals surface area contributed by atoms with Crippen LogP contribution in [-0.2, 0) is 14.6 Å². The van der Waals surface area contributed by atoms with Gasteiger partial charge in [0, 0.05) is 24.9 Å². The highest BCUT2D eigenvalue weighted by Gasteiger charge is 2.34. The van der Waals surface area contributed by atoms with Gasteiger partial charge in [-0.3, -0.25) is 4.79 Å². The van der Waals surface area contributed by atoms with E-state index >= 15 is 0 Å². The summed E-state index contributed by atoms with van der Waals surface area (Å²) >= 11 is 0. The summed E-state index contributed by atoms with van der Waals surface area (Å²) in [5.41, 5.74) is 3.39. The van der Waals surface area contributed by atoms with Gasteiger partial charge in [0.2, 0.25) is 0 Å². The largest absolute Gasteiger partial charge is 0.492 e. The van der Waals surface area contributed by atoms with E-state index in [2.05, 4.69) is 0 Å². The minimum atomic E-state index is -3.09. The van der Waals surface area contributed by atoms with E-state index in [-0.39, 0.29) is 24.1 Å². The molecule has 0 saturated carbocycles.